The minimum absolute atomic E-state index is 0.209. The Kier molecular flexibility index (Phi) is 4.66. The van der Waals surface area contributed by atoms with Gasteiger partial charge in [-0.3, -0.25) is 0 Å². The van der Waals surface area contributed by atoms with Crippen molar-refractivity contribution in [2.24, 2.45) is 0 Å². The van der Waals surface area contributed by atoms with Crippen LogP contribution in [0, 0.1) is 13.8 Å². The summed E-state index contributed by atoms with van der Waals surface area (Å²) < 4.78 is 6.43. The molecule has 1 aromatic heterocycles. The quantitative estimate of drug-likeness (QED) is 0.888. The van der Waals surface area contributed by atoms with Gasteiger partial charge in [0.05, 0.1) is 13.2 Å². The van der Waals surface area contributed by atoms with Gasteiger partial charge in [0.1, 0.15) is 5.75 Å². The lowest BCUT2D eigenvalue weighted by Gasteiger charge is -2.19. The smallest absolute Gasteiger partial charge is 0.129 e. The third kappa shape index (κ3) is 3.02. The number of hydrogen-bond donors (Lipinski definition) is 1. The van der Waals surface area contributed by atoms with Crippen LogP contribution in [0.4, 0.5) is 0 Å². The fourth-order valence-electron chi connectivity index (χ4n) is 2.16. The van der Waals surface area contributed by atoms with Crippen LogP contribution < -0.4 is 10.1 Å². The predicted molar refractivity (Wildman–Crippen MR) is 85.4 cm³/mol. The second-order valence-corrected chi connectivity index (χ2v) is 6.37. The third-order valence-electron chi connectivity index (χ3n) is 3.26. The highest BCUT2D eigenvalue weighted by Gasteiger charge is 2.17. The van der Waals surface area contributed by atoms with E-state index in [9.17, 15) is 0 Å². The van der Waals surface area contributed by atoms with Crippen LogP contribution >= 0.6 is 27.3 Å². The number of aryl methyl sites for hydroxylation is 2. The van der Waals surface area contributed by atoms with Crippen LogP contribution in [-0.2, 0) is 0 Å². The molecule has 0 fully saturated rings. The molecule has 102 valence electrons. The van der Waals surface area contributed by atoms with E-state index in [0.717, 1.165) is 10.2 Å². The van der Waals surface area contributed by atoms with E-state index in [1.165, 1.54) is 21.6 Å². The standard InChI is InChI=1S/C15H18BrNOS/c1-9-6-13(16)10(2)5-12(9)15(17-3)14-7-11(18-4)8-19-14/h5-8,15,17H,1-4H3. The molecule has 1 heterocycles. The summed E-state index contributed by atoms with van der Waals surface area (Å²) in [6.07, 6.45) is 0. The highest BCUT2D eigenvalue weighted by atomic mass is 79.9. The Morgan fingerprint density at radius 3 is 2.53 bits per heavy atom. The Labute approximate surface area is 126 Å². The van der Waals surface area contributed by atoms with Gasteiger partial charge in [-0.15, -0.1) is 11.3 Å². The van der Waals surface area contributed by atoms with Crippen LogP contribution in [0.15, 0.2) is 28.1 Å². The van der Waals surface area contributed by atoms with E-state index >= 15 is 0 Å². The highest BCUT2D eigenvalue weighted by Crippen LogP contribution is 2.34. The van der Waals surface area contributed by atoms with Gasteiger partial charge in [-0.2, -0.15) is 0 Å². The first kappa shape index (κ1) is 14.6. The number of thiophene rings is 1. The molecule has 0 radical (unpaired) electrons. The number of hydrogen-bond acceptors (Lipinski definition) is 3. The molecule has 1 aromatic carbocycles. The molecule has 2 rings (SSSR count). The summed E-state index contributed by atoms with van der Waals surface area (Å²) in [5.41, 5.74) is 3.85. The van der Waals surface area contributed by atoms with Crippen LogP contribution in [0.25, 0.3) is 0 Å². The van der Waals surface area contributed by atoms with E-state index in [0.29, 0.717) is 0 Å². The second-order valence-electron chi connectivity index (χ2n) is 4.57. The fourth-order valence-corrected chi connectivity index (χ4v) is 3.60. The van der Waals surface area contributed by atoms with Gasteiger partial charge in [0.25, 0.3) is 0 Å². The molecule has 4 heteroatoms. The van der Waals surface area contributed by atoms with Crippen LogP contribution in [0.5, 0.6) is 5.75 Å². The lowest BCUT2D eigenvalue weighted by molar-refractivity contribution is 0.416. The number of methoxy groups -OCH3 is 1. The molecule has 0 aliphatic heterocycles. The first-order chi connectivity index (χ1) is 9.06. The summed E-state index contributed by atoms with van der Waals surface area (Å²) in [7, 11) is 3.70. The maximum absolute atomic E-state index is 5.27. The molecule has 0 saturated heterocycles. The topological polar surface area (TPSA) is 21.3 Å². The molecule has 0 saturated carbocycles. The number of rotatable bonds is 4. The van der Waals surface area contributed by atoms with Crippen molar-refractivity contribution in [1.82, 2.24) is 5.32 Å². The third-order valence-corrected chi connectivity index (χ3v) is 5.09. The van der Waals surface area contributed by atoms with Gasteiger partial charge in [-0.25, -0.2) is 0 Å². The van der Waals surface area contributed by atoms with Crippen LogP contribution in [0.3, 0.4) is 0 Å². The summed E-state index contributed by atoms with van der Waals surface area (Å²) in [6.45, 7) is 4.27. The first-order valence-electron chi connectivity index (χ1n) is 6.13. The first-order valence-corrected chi connectivity index (χ1v) is 7.80. The van der Waals surface area contributed by atoms with Gasteiger partial charge < -0.3 is 10.1 Å². The Morgan fingerprint density at radius 1 is 1.21 bits per heavy atom. The van der Waals surface area contributed by atoms with Crippen LogP contribution in [0.2, 0.25) is 0 Å². The van der Waals surface area contributed by atoms with Gasteiger partial charge in [0.15, 0.2) is 0 Å². The zero-order chi connectivity index (χ0) is 14.0. The van der Waals surface area contributed by atoms with Crippen molar-refractivity contribution in [3.8, 4) is 5.75 Å². The molecule has 0 bridgehead atoms. The Morgan fingerprint density at radius 2 is 1.95 bits per heavy atom. The van der Waals surface area contributed by atoms with Gasteiger partial charge in [-0.05, 0) is 49.7 Å². The van der Waals surface area contributed by atoms with E-state index < -0.39 is 0 Å². The lowest BCUT2D eigenvalue weighted by Crippen LogP contribution is -2.17. The summed E-state index contributed by atoms with van der Waals surface area (Å²) in [5.74, 6) is 0.923. The van der Waals surface area contributed by atoms with Crippen molar-refractivity contribution >= 4 is 27.3 Å². The molecule has 0 spiro atoms. The average molecular weight is 340 g/mol. The molecule has 0 aliphatic rings. The van der Waals surface area contributed by atoms with Crippen molar-refractivity contribution in [2.45, 2.75) is 19.9 Å². The van der Waals surface area contributed by atoms with Crippen LogP contribution in [0.1, 0.15) is 27.6 Å². The maximum atomic E-state index is 5.27. The number of halogens is 1. The predicted octanol–water partition coefficient (Wildman–Crippen LogP) is 4.44. The van der Waals surface area contributed by atoms with E-state index in [4.69, 9.17) is 4.74 Å². The highest BCUT2D eigenvalue weighted by molar-refractivity contribution is 9.10. The monoisotopic (exact) mass is 339 g/mol. The molecule has 1 N–H and O–H groups in total. The molecule has 19 heavy (non-hydrogen) atoms. The van der Waals surface area contributed by atoms with Crippen molar-refractivity contribution in [3.05, 3.63) is 49.6 Å². The van der Waals surface area contributed by atoms with Gasteiger partial charge >= 0.3 is 0 Å². The molecule has 1 atom stereocenters. The molecule has 0 aliphatic carbocycles. The normalized spacial score (nSPS) is 12.5. The zero-order valence-corrected chi connectivity index (χ0v) is 14.0. The molecule has 0 amide bonds. The Hall–Kier alpha value is -0.840. The van der Waals surface area contributed by atoms with Gasteiger partial charge in [-0.1, -0.05) is 22.0 Å². The average Bonchev–Trinajstić information content (AvgIpc) is 2.85. The summed E-state index contributed by atoms with van der Waals surface area (Å²) in [5, 5.41) is 5.44. The van der Waals surface area contributed by atoms with Crippen molar-refractivity contribution in [1.29, 1.82) is 0 Å². The molecule has 2 nitrogen and oxygen atoms in total. The Bertz CT molecular complexity index is 580. The lowest BCUT2D eigenvalue weighted by atomic mass is 9.98. The van der Waals surface area contributed by atoms with E-state index in [-0.39, 0.29) is 6.04 Å². The van der Waals surface area contributed by atoms with Gasteiger partial charge in [0, 0.05) is 14.7 Å². The minimum Gasteiger partial charge on any atom is -0.496 e. The molecule has 1 unspecified atom stereocenters. The number of nitrogens with one attached hydrogen (secondary N) is 1. The van der Waals surface area contributed by atoms with Crippen molar-refractivity contribution in [3.63, 3.8) is 0 Å². The van der Waals surface area contributed by atoms with Crippen molar-refractivity contribution in [2.75, 3.05) is 14.2 Å². The SMILES string of the molecule is CNC(c1cc(OC)cs1)c1cc(C)c(Br)cc1C. The molecule has 2 aromatic rings. The largest absolute Gasteiger partial charge is 0.496 e. The van der Waals surface area contributed by atoms with Crippen molar-refractivity contribution < 1.29 is 4.74 Å². The zero-order valence-electron chi connectivity index (χ0n) is 11.6. The Balaban J connectivity index is 2.44. The summed E-state index contributed by atoms with van der Waals surface area (Å²) >= 11 is 5.31. The van der Waals surface area contributed by atoms with Crippen LogP contribution in [-0.4, -0.2) is 14.2 Å². The second kappa shape index (κ2) is 6.07. The summed E-state index contributed by atoms with van der Waals surface area (Å²) in [6, 6.07) is 6.73. The van der Waals surface area contributed by atoms with Gasteiger partial charge in [0.2, 0.25) is 0 Å². The number of benzene rings is 1. The number of ether oxygens (including phenoxy) is 1. The maximum Gasteiger partial charge on any atom is 0.129 e. The minimum atomic E-state index is 0.209. The van der Waals surface area contributed by atoms with E-state index in [1.54, 1.807) is 18.4 Å². The molecular weight excluding hydrogens is 322 g/mol. The fraction of sp³-hybridized carbons (Fsp3) is 0.333. The summed E-state index contributed by atoms with van der Waals surface area (Å²) in [4.78, 5) is 1.27. The van der Waals surface area contributed by atoms with E-state index in [2.05, 4.69) is 53.3 Å². The van der Waals surface area contributed by atoms with E-state index in [1.807, 2.05) is 12.4 Å². The molecular formula is C15H18BrNOS.